The molecular formula is C14H19Cl2NO2. The molecule has 0 aliphatic carbocycles. The Morgan fingerprint density at radius 1 is 1.37 bits per heavy atom. The fourth-order valence-corrected chi connectivity index (χ4v) is 2.59. The van der Waals surface area contributed by atoms with Crippen molar-refractivity contribution in [2.45, 2.75) is 26.2 Å². The minimum absolute atomic E-state index is 0.125. The fraction of sp³-hybridized carbons (Fsp3) is 0.500. The predicted octanol–water partition coefficient (Wildman–Crippen LogP) is 3.78. The molecule has 0 bridgehead atoms. The normalized spacial score (nSPS) is 15.8. The number of hydrogen-bond donors (Lipinski definition) is 2. The number of nitrogens with two attached hydrogens (primary N) is 1. The maximum absolute atomic E-state index is 11.0. The van der Waals surface area contributed by atoms with Crippen LogP contribution in [0.25, 0.3) is 0 Å². The van der Waals surface area contributed by atoms with Gasteiger partial charge in [0, 0.05) is 16.6 Å². The number of rotatable bonds is 6. The summed E-state index contributed by atoms with van der Waals surface area (Å²) in [4.78, 5) is 11.0. The third kappa shape index (κ3) is 4.37. The number of carbonyl (C=O) groups is 1. The Morgan fingerprint density at radius 2 is 2.00 bits per heavy atom. The summed E-state index contributed by atoms with van der Waals surface area (Å²) in [7, 11) is 0. The average Bonchev–Trinajstić information content (AvgIpc) is 2.37. The fourth-order valence-electron chi connectivity index (χ4n) is 2.12. The zero-order chi connectivity index (χ0) is 14.6. The first-order valence-corrected chi connectivity index (χ1v) is 7.00. The van der Waals surface area contributed by atoms with Gasteiger partial charge < -0.3 is 10.8 Å². The molecule has 0 amide bonds. The van der Waals surface area contributed by atoms with Crippen LogP contribution in [0.4, 0.5) is 0 Å². The zero-order valence-electron chi connectivity index (χ0n) is 11.1. The van der Waals surface area contributed by atoms with Gasteiger partial charge in [-0.05, 0) is 42.0 Å². The Morgan fingerprint density at radius 3 is 2.53 bits per heavy atom. The van der Waals surface area contributed by atoms with Gasteiger partial charge in [-0.1, -0.05) is 37.0 Å². The van der Waals surface area contributed by atoms with E-state index in [1.165, 1.54) is 0 Å². The lowest BCUT2D eigenvalue weighted by molar-refractivity contribution is -0.142. The Labute approximate surface area is 123 Å². The van der Waals surface area contributed by atoms with Crippen LogP contribution >= 0.6 is 23.2 Å². The van der Waals surface area contributed by atoms with Crippen molar-refractivity contribution in [2.75, 3.05) is 6.54 Å². The summed E-state index contributed by atoms with van der Waals surface area (Å²) in [6.07, 6.45) is 0.524. The van der Waals surface area contributed by atoms with Crippen LogP contribution in [-0.4, -0.2) is 17.6 Å². The first-order valence-electron chi connectivity index (χ1n) is 6.24. The summed E-state index contributed by atoms with van der Waals surface area (Å²) in [6.45, 7) is 4.18. The molecule has 0 aromatic heterocycles. The minimum atomic E-state index is -0.848. The van der Waals surface area contributed by atoms with Gasteiger partial charge in [-0.25, -0.2) is 0 Å². The smallest absolute Gasteiger partial charge is 0.307 e. The third-order valence-electron chi connectivity index (χ3n) is 3.59. The molecule has 0 spiro atoms. The largest absolute Gasteiger partial charge is 0.481 e. The van der Waals surface area contributed by atoms with Gasteiger partial charge in [-0.3, -0.25) is 4.79 Å². The van der Waals surface area contributed by atoms with Crippen molar-refractivity contribution < 1.29 is 9.90 Å². The molecule has 3 unspecified atom stereocenters. The molecule has 1 aromatic carbocycles. The van der Waals surface area contributed by atoms with Crippen molar-refractivity contribution in [1.82, 2.24) is 0 Å². The maximum atomic E-state index is 11.0. The van der Waals surface area contributed by atoms with Gasteiger partial charge in [0.1, 0.15) is 0 Å². The standard InChI is InChI=1S/C14H19Cl2NO2/c1-8(5-10(7-17)14(18)19)9(2)12-6-11(15)3-4-13(12)16/h3-4,6,8-10H,5,7,17H2,1-2H3,(H,18,19). The number of halogens is 2. The van der Waals surface area contributed by atoms with Crippen LogP contribution in [0.15, 0.2) is 18.2 Å². The van der Waals surface area contributed by atoms with Crippen LogP contribution in [-0.2, 0) is 4.79 Å². The van der Waals surface area contributed by atoms with Crippen molar-refractivity contribution in [2.24, 2.45) is 17.6 Å². The summed E-state index contributed by atoms with van der Waals surface area (Å²) < 4.78 is 0. The first kappa shape index (κ1) is 16.3. The molecule has 1 rings (SSSR count). The summed E-state index contributed by atoms with van der Waals surface area (Å²) >= 11 is 12.1. The Hall–Kier alpha value is -0.770. The average molecular weight is 304 g/mol. The van der Waals surface area contributed by atoms with Gasteiger partial charge in [0.05, 0.1) is 5.92 Å². The summed E-state index contributed by atoms with van der Waals surface area (Å²) in [5.74, 6) is -1.09. The van der Waals surface area contributed by atoms with Crippen molar-refractivity contribution in [3.8, 4) is 0 Å². The molecule has 1 aromatic rings. The molecular weight excluding hydrogens is 285 g/mol. The second-order valence-electron chi connectivity index (χ2n) is 4.94. The van der Waals surface area contributed by atoms with Crippen molar-refractivity contribution in [3.05, 3.63) is 33.8 Å². The van der Waals surface area contributed by atoms with Crippen LogP contribution in [0.5, 0.6) is 0 Å². The lowest BCUT2D eigenvalue weighted by Gasteiger charge is -2.24. The molecule has 3 atom stereocenters. The minimum Gasteiger partial charge on any atom is -0.481 e. The second-order valence-corrected chi connectivity index (χ2v) is 5.78. The van der Waals surface area contributed by atoms with Crippen molar-refractivity contribution in [3.63, 3.8) is 0 Å². The van der Waals surface area contributed by atoms with Crippen LogP contribution in [0.1, 0.15) is 31.7 Å². The van der Waals surface area contributed by atoms with E-state index in [9.17, 15) is 4.79 Å². The molecule has 0 saturated heterocycles. The van der Waals surface area contributed by atoms with Gasteiger partial charge >= 0.3 is 5.97 Å². The van der Waals surface area contributed by atoms with E-state index in [0.717, 1.165) is 5.56 Å². The highest BCUT2D eigenvalue weighted by Gasteiger charge is 2.24. The third-order valence-corrected chi connectivity index (χ3v) is 4.17. The van der Waals surface area contributed by atoms with E-state index in [-0.39, 0.29) is 18.4 Å². The lowest BCUT2D eigenvalue weighted by atomic mass is 9.83. The lowest BCUT2D eigenvalue weighted by Crippen LogP contribution is -2.26. The van der Waals surface area contributed by atoms with E-state index in [0.29, 0.717) is 16.5 Å². The number of hydrogen-bond acceptors (Lipinski definition) is 2. The summed E-state index contributed by atoms with van der Waals surface area (Å²) in [5, 5.41) is 10.3. The molecule has 19 heavy (non-hydrogen) atoms. The van der Waals surface area contributed by atoms with Gasteiger partial charge in [-0.2, -0.15) is 0 Å². The highest BCUT2D eigenvalue weighted by molar-refractivity contribution is 6.33. The molecule has 0 saturated carbocycles. The Bertz CT molecular complexity index is 451. The predicted molar refractivity (Wildman–Crippen MR) is 78.8 cm³/mol. The molecule has 3 N–H and O–H groups in total. The molecule has 0 aliphatic rings. The van der Waals surface area contributed by atoms with E-state index in [1.54, 1.807) is 12.1 Å². The molecule has 0 aliphatic heterocycles. The van der Waals surface area contributed by atoms with Crippen LogP contribution < -0.4 is 5.73 Å². The van der Waals surface area contributed by atoms with E-state index < -0.39 is 11.9 Å². The number of carboxylic acid groups (broad SMARTS) is 1. The number of carboxylic acids is 1. The molecule has 0 heterocycles. The van der Waals surface area contributed by atoms with Gasteiger partial charge in [0.2, 0.25) is 0 Å². The van der Waals surface area contributed by atoms with Gasteiger partial charge in [0.15, 0.2) is 0 Å². The van der Waals surface area contributed by atoms with Gasteiger partial charge in [0.25, 0.3) is 0 Å². The monoisotopic (exact) mass is 303 g/mol. The van der Waals surface area contributed by atoms with E-state index in [2.05, 4.69) is 0 Å². The van der Waals surface area contributed by atoms with Crippen molar-refractivity contribution >= 4 is 29.2 Å². The van der Waals surface area contributed by atoms with E-state index in [1.807, 2.05) is 19.9 Å². The molecule has 3 nitrogen and oxygen atoms in total. The molecule has 0 radical (unpaired) electrons. The second kappa shape index (κ2) is 7.13. The first-order chi connectivity index (χ1) is 8.86. The number of benzene rings is 1. The van der Waals surface area contributed by atoms with Crippen LogP contribution in [0.2, 0.25) is 10.0 Å². The Balaban J connectivity index is 2.84. The van der Waals surface area contributed by atoms with Crippen LogP contribution in [0, 0.1) is 11.8 Å². The SMILES string of the molecule is CC(CC(CN)C(=O)O)C(C)c1cc(Cl)ccc1Cl. The number of aliphatic carboxylic acids is 1. The quantitative estimate of drug-likeness (QED) is 0.840. The summed E-state index contributed by atoms with van der Waals surface area (Å²) in [5.41, 5.74) is 6.43. The van der Waals surface area contributed by atoms with Gasteiger partial charge in [-0.15, -0.1) is 0 Å². The zero-order valence-corrected chi connectivity index (χ0v) is 12.6. The molecule has 5 heteroatoms. The maximum Gasteiger partial charge on any atom is 0.307 e. The van der Waals surface area contributed by atoms with E-state index >= 15 is 0 Å². The Kier molecular flexibility index (Phi) is 6.11. The van der Waals surface area contributed by atoms with E-state index in [4.69, 9.17) is 34.0 Å². The molecule has 106 valence electrons. The topological polar surface area (TPSA) is 63.3 Å². The van der Waals surface area contributed by atoms with Crippen LogP contribution in [0.3, 0.4) is 0 Å². The van der Waals surface area contributed by atoms with Crippen molar-refractivity contribution in [1.29, 1.82) is 0 Å². The summed E-state index contributed by atoms with van der Waals surface area (Å²) in [6, 6.07) is 5.34. The highest BCUT2D eigenvalue weighted by Crippen LogP contribution is 2.34. The molecule has 0 fully saturated rings. The highest BCUT2D eigenvalue weighted by atomic mass is 35.5.